The Kier molecular flexibility index (Phi) is 2.62. The third-order valence-corrected chi connectivity index (χ3v) is 3.76. The van der Waals surface area contributed by atoms with Gasteiger partial charge in [0.15, 0.2) is 0 Å². The molecule has 0 saturated heterocycles. The van der Waals surface area contributed by atoms with E-state index in [2.05, 4.69) is 41.1 Å². The lowest BCUT2D eigenvalue weighted by Crippen LogP contribution is -1.60. The summed E-state index contributed by atoms with van der Waals surface area (Å²) in [4.78, 5) is 2.73. The number of hydrogen-bond donors (Lipinski definition) is 0. The van der Waals surface area contributed by atoms with E-state index >= 15 is 0 Å². The van der Waals surface area contributed by atoms with E-state index in [1.54, 1.807) is 22.7 Å². The van der Waals surface area contributed by atoms with Crippen LogP contribution < -0.4 is 0 Å². The molecule has 0 aliphatic rings. The standard InChI is InChI=1S/C11H10S2/c1-2-4-9-7-11(13-8-9)10-5-3-6-12-10/h2-8H,1H3. The van der Waals surface area contributed by atoms with Crippen molar-refractivity contribution in [1.29, 1.82) is 0 Å². The Morgan fingerprint density at radius 1 is 1.23 bits per heavy atom. The fourth-order valence-electron chi connectivity index (χ4n) is 1.18. The largest absolute Gasteiger partial charge is 0.143 e. The highest BCUT2D eigenvalue weighted by Gasteiger charge is 2.00. The molecule has 13 heavy (non-hydrogen) atoms. The van der Waals surface area contributed by atoms with Gasteiger partial charge in [0.05, 0.1) is 0 Å². The summed E-state index contributed by atoms with van der Waals surface area (Å²) in [7, 11) is 0. The Labute approximate surface area is 86.2 Å². The number of thiophene rings is 2. The van der Waals surface area contributed by atoms with Gasteiger partial charge in [-0.2, -0.15) is 0 Å². The molecule has 0 bridgehead atoms. The van der Waals surface area contributed by atoms with Crippen LogP contribution in [0.15, 0.2) is 35.0 Å². The first-order chi connectivity index (χ1) is 6.40. The Morgan fingerprint density at radius 2 is 2.15 bits per heavy atom. The first-order valence-electron chi connectivity index (χ1n) is 4.15. The van der Waals surface area contributed by atoms with Crippen LogP contribution in [-0.4, -0.2) is 0 Å². The molecule has 0 atom stereocenters. The lowest BCUT2D eigenvalue weighted by Gasteiger charge is -1.86. The predicted molar refractivity (Wildman–Crippen MR) is 62.3 cm³/mol. The van der Waals surface area contributed by atoms with Gasteiger partial charge in [-0.1, -0.05) is 18.2 Å². The van der Waals surface area contributed by atoms with Gasteiger partial charge < -0.3 is 0 Å². The molecular formula is C11H10S2. The molecular weight excluding hydrogens is 196 g/mol. The van der Waals surface area contributed by atoms with Crippen molar-refractivity contribution in [3.8, 4) is 9.75 Å². The van der Waals surface area contributed by atoms with E-state index in [1.807, 2.05) is 6.92 Å². The van der Waals surface area contributed by atoms with Crippen molar-refractivity contribution < 1.29 is 0 Å². The Hall–Kier alpha value is -0.860. The van der Waals surface area contributed by atoms with Gasteiger partial charge in [0, 0.05) is 9.75 Å². The van der Waals surface area contributed by atoms with Gasteiger partial charge in [0.2, 0.25) is 0 Å². The topological polar surface area (TPSA) is 0 Å². The minimum atomic E-state index is 1.30. The Balaban J connectivity index is 2.33. The molecule has 0 saturated carbocycles. The van der Waals surface area contributed by atoms with E-state index < -0.39 is 0 Å². The van der Waals surface area contributed by atoms with E-state index in [4.69, 9.17) is 0 Å². The molecule has 0 spiro atoms. The average molecular weight is 206 g/mol. The van der Waals surface area contributed by atoms with Crippen LogP contribution in [0.1, 0.15) is 12.5 Å². The lowest BCUT2D eigenvalue weighted by atomic mass is 10.3. The molecule has 2 aromatic rings. The van der Waals surface area contributed by atoms with Crippen molar-refractivity contribution in [2.75, 3.05) is 0 Å². The fourth-order valence-corrected chi connectivity index (χ4v) is 2.90. The van der Waals surface area contributed by atoms with Crippen molar-refractivity contribution in [1.82, 2.24) is 0 Å². The Morgan fingerprint density at radius 3 is 2.85 bits per heavy atom. The molecule has 0 fully saturated rings. The maximum atomic E-state index is 2.23. The lowest BCUT2D eigenvalue weighted by molar-refractivity contribution is 1.76. The molecule has 0 nitrogen and oxygen atoms in total. The van der Waals surface area contributed by atoms with Crippen molar-refractivity contribution in [2.24, 2.45) is 0 Å². The molecule has 0 amide bonds. The van der Waals surface area contributed by atoms with E-state index in [0.717, 1.165) is 0 Å². The van der Waals surface area contributed by atoms with Gasteiger partial charge in [-0.25, -0.2) is 0 Å². The summed E-state index contributed by atoms with van der Waals surface area (Å²) in [5.74, 6) is 0. The Bertz CT molecular complexity index is 393. The first kappa shape index (κ1) is 8.73. The zero-order valence-corrected chi connectivity index (χ0v) is 8.99. The van der Waals surface area contributed by atoms with Crippen molar-refractivity contribution in [3.05, 3.63) is 40.6 Å². The summed E-state index contributed by atoms with van der Waals surface area (Å²) in [6, 6.07) is 6.49. The van der Waals surface area contributed by atoms with Crippen molar-refractivity contribution in [3.63, 3.8) is 0 Å². The molecule has 2 aromatic heterocycles. The van der Waals surface area contributed by atoms with Crippen LogP contribution in [0.25, 0.3) is 15.8 Å². The normalized spacial score (nSPS) is 11.2. The van der Waals surface area contributed by atoms with E-state index in [-0.39, 0.29) is 0 Å². The SMILES string of the molecule is CC=Cc1csc(-c2cccs2)c1. The number of allylic oxidation sites excluding steroid dienone is 1. The second-order valence-corrected chi connectivity index (χ2v) is 4.58. The molecule has 0 radical (unpaired) electrons. The minimum absolute atomic E-state index is 1.30. The third kappa shape index (κ3) is 1.90. The summed E-state index contributed by atoms with van der Waals surface area (Å²) < 4.78 is 0. The van der Waals surface area contributed by atoms with Gasteiger partial charge in [0.25, 0.3) is 0 Å². The van der Waals surface area contributed by atoms with Crippen molar-refractivity contribution in [2.45, 2.75) is 6.92 Å². The fraction of sp³-hybridized carbons (Fsp3) is 0.0909. The van der Waals surface area contributed by atoms with Crippen LogP contribution in [0.5, 0.6) is 0 Å². The molecule has 0 N–H and O–H groups in total. The summed E-state index contributed by atoms with van der Waals surface area (Å²) in [5.41, 5.74) is 1.30. The van der Waals surface area contributed by atoms with E-state index in [1.165, 1.54) is 15.3 Å². The van der Waals surface area contributed by atoms with Crippen LogP contribution in [-0.2, 0) is 0 Å². The number of hydrogen-bond acceptors (Lipinski definition) is 2. The van der Waals surface area contributed by atoms with E-state index in [9.17, 15) is 0 Å². The highest BCUT2D eigenvalue weighted by atomic mass is 32.1. The molecule has 0 aromatic carbocycles. The number of rotatable bonds is 2. The molecule has 66 valence electrons. The third-order valence-electron chi connectivity index (χ3n) is 1.74. The second-order valence-electron chi connectivity index (χ2n) is 2.72. The summed E-state index contributed by atoms with van der Waals surface area (Å²) in [5, 5.41) is 4.30. The maximum absolute atomic E-state index is 2.23. The van der Waals surface area contributed by atoms with Crippen LogP contribution in [0, 0.1) is 0 Å². The molecule has 0 aliphatic carbocycles. The molecule has 0 unspecified atom stereocenters. The zero-order valence-electron chi connectivity index (χ0n) is 7.36. The van der Waals surface area contributed by atoms with Gasteiger partial charge in [0.1, 0.15) is 0 Å². The van der Waals surface area contributed by atoms with Gasteiger partial charge in [-0.3, -0.25) is 0 Å². The zero-order chi connectivity index (χ0) is 9.10. The predicted octanol–water partition coefficient (Wildman–Crippen LogP) is 4.51. The van der Waals surface area contributed by atoms with Gasteiger partial charge in [-0.05, 0) is 35.4 Å². The summed E-state index contributed by atoms with van der Waals surface area (Å²) in [6.07, 6.45) is 4.20. The first-order valence-corrected chi connectivity index (χ1v) is 5.91. The van der Waals surface area contributed by atoms with Crippen LogP contribution in [0.3, 0.4) is 0 Å². The van der Waals surface area contributed by atoms with Crippen LogP contribution >= 0.6 is 22.7 Å². The highest BCUT2D eigenvalue weighted by molar-refractivity contribution is 7.20. The average Bonchev–Trinajstić information content (AvgIpc) is 2.70. The summed E-state index contributed by atoms with van der Waals surface area (Å²) >= 11 is 3.60. The molecule has 2 rings (SSSR count). The maximum Gasteiger partial charge on any atom is 0.0448 e. The minimum Gasteiger partial charge on any atom is -0.143 e. The van der Waals surface area contributed by atoms with Crippen LogP contribution in [0.4, 0.5) is 0 Å². The van der Waals surface area contributed by atoms with Crippen molar-refractivity contribution >= 4 is 28.7 Å². The quantitative estimate of drug-likeness (QED) is 0.678. The second kappa shape index (κ2) is 3.90. The van der Waals surface area contributed by atoms with E-state index in [0.29, 0.717) is 0 Å². The smallest absolute Gasteiger partial charge is 0.0448 e. The monoisotopic (exact) mass is 206 g/mol. The van der Waals surface area contributed by atoms with Gasteiger partial charge >= 0.3 is 0 Å². The summed E-state index contributed by atoms with van der Waals surface area (Å²) in [6.45, 7) is 2.04. The molecule has 2 heterocycles. The molecule has 0 aliphatic heterocycles. The molecule has 2 heteroatoms. The van der Waals surface area contributed by atoms with Gasteiger partial charge in [-0.15, -0.1) is 22.7 Å². The van der Waals surface area contributed by atoms with Crippen LogP contribution in [0.2, 0.25) is 0 Å². The highest BCUT2D eigenvalue weighted by Crippen LogP contribution is 2.31.